The van der Waals surface area contributed by atoms with E-state index in [0.29, 0.717) is 23.3 Å². The van der Waals surface area contributed by atoms with Gasteiger partial charge in [-0.05, 0) is 48.2 Å². The van der Waals surface area contributed by atoms with Crippen molar-refractivity contribution in [1.29, 1.82) is 5.26 Å². The Hall–Kier alpha value is -2.73. The summed E-state index contributed by atoms with van der Waals surface area (Å²) in [6.07, 6.45) is 1.48. The summed E-state index contributed by atoms with van der Waals surface area (Å²) in [4.78, 5) is 11.3. The molecule has 1 aliphatic rings. The Kier molecular flexibility index (Phi) is 5.56. The van der Waals surface area contributed by atoms with Gasteiger partial charge in [0.25, 0.3) is 0 Å². The summed E-state index contributed by atoms with van der Waals surface area (Å²) in [6, 6.07) is 12.5. The van der Waals surface area contributed by atoms with Crippen molar-refractivity contribution < 1.29 is 23.1 Å². The van der Waals surface area contributed by atoms with E-state index in [4.69, 9.17) is 4.74 Å². The molecule has 1 fully saturated rings. The van der Waals surface area contributed by atoms with Gasteiger partial charge in [-0.1, -0.05) is 18.2 Å². The monoisotopic (exact) mass is 386 g/mol. The van der Waals surface area contributed by atoms with Crippen LogP contribution in [-0.2, 0) is 14.8 Å². The number of sulfonamides is 1. The predicted molar refractivity (Wildman–Crippen MR) is 97.7 cm³/mol. The molecule has 2 aromatic carbocycles. The van der Waals surface area contributed by atoms with E-state index >= 15 is 0 Å². The second kappa shape index (κ2) is 7.88. The van der Waals surface area contributed by atoms with Gasteiger partial charge in [0.2, 0.25) is 10.0 Å². The third kappa shape index (κ3) is 4.34. The van der Waals surface area contributed by atoms with Gasteiger partial charge in [-0.25, -0.2) is 17.9 Å². The minimum Gasteiger partial charge on any atom is -0.478 e. The molecule has 0 spiro atoms. The number of hydrogen-bond acceptors (Lipinski definition) is 5. The van der Waals surface area contributed by atoms with Crippen molar-refractivity contribution in [3.8, 4) is 17.2 Å². The van der Waals surface area contributed by atoms with Gasteiger partial charge in [0, 0.05) is 13.2 Å². The number of nitriles is 1. The predicted octanol–water partition coefficient (Wildman–Crippen LogP) is 2.38. The van der Waals surface area contributed by atoms with Crippen LogP contribution in [0, 0.1) is 11.3 Å². The summed E-state index contributed by atoms with van der Waals surface area (Å²) in [7, 11) is -3.93. The minimum absolute atomic E-state index is 0.129. The van der Waals surface area contributed by atoms with Crippen LogP contribution < -0.4 is 4.72 Å². The Morgan fingerprint density at radius 3 is 2.74 bits per heavy atom. The lowest BCUT2D eigenvalue weighted by molar-refractivity contribution is 0.0696. The van der Waals surface area contributed by atoms with Crippen LogP contribution in [0.25, 0.3) is 11.1 Å². The first-order valence-corrected chi connectivity index (χ1v) is 9.88. The summed E-state index contributed by atoms with van der Waals surface area (Å²) >= 11 is 0. The van der Waals surface area contributed by atoms with Crippen molar-refractivity contribution in [2.24, 2.45) is 0 Å². The number of benzene rings is 2. The topological polar surface area (TPSA) is 116 Å². The van der Waals surface area contributed by atoms with Crippen LogP contribution in [0.3, 0.4) is 0 Å². The quantitative estimate of drug-likeness (QED) is 0.787. The Morgan fingerprint density at radius 1 is 1.30 bits per heavy atom. The molecular weight excluding hydrogens is 368 g/mol. The van der Waals surface area contributed by atoms with Crippen LogP contribution in [-0.4, -0.2) is 38.7 Å². The zero-order valence-corrected chi connectivity index (χ0v) is 15.2. The molecular formula is C19H18N2O5S. The molecule has 0 saturated carbocycles. The summed E-state index contributed by atoms with van der Waals surface area (Å²) in [5.74, 6) is -1.25. The maximum Gasteiger partial charge on any atom is 0.335 e. The normalized spacial score (nSPS) is 16.8. The number of ether oxygens (including phenoxy) is 1. The molecule has 1 saturated heterocycles. The number of carboxylic acids is 1. The van der Waals surface area contributed by atoms with Gasteiger partial charge in [-0.15, -0.1) is 0 Å². The second-order valence-electron chi connectivity index (χ2n) is 6.20. The number of carbonyl (C=O) groups is 1. The number of rotatable bonds is 6. The first-order valence-electron chi connectivity index (χ1n) is 8.40. The fourth-order valence-electron chi connectivity index (χ4n) is 2.96. The maximum absolute atomic E-state index is 12.7. The van der Waals surface area contributed by atoms with Crippen LogP contribution in [0.1, 0.15) is 28.8 Å². The Bertz CT molecular complexity index is 1010. The highest BCUT2D eigenvalue weighted by molar-refractivity contribution is 7.89. The van der Waals surface area contributed by atoms with E-state index in [1.165, 1.54) is 12.1 Å². The van der Waals surface area contributed by atoms with E-state index in [1.807, 2.05) is 6.07 Å². The lowest BCUT2D eigenvalue weighted by atomic mass is 9.99. The average molecular weight is 386 g/mol. The van der Waals surface area contributed by atoms with Crippen molar-refractivity contribution >= 4 is 16.0 Å². The van der Waals surface area contributed by atoms with Gasteiger partial charge in [0.15, 0.2) is 0 Å². The highest BCUT2D eigenvalue weighted by atomic mass is 32.2. The molecule has 27 heavy (non-hydrogen) atoms. The molecule has 140 valence electrons. The molecule has 0 radical (unpaired) electrons. The molecule has 3 rings (SSSR count). The summed E-state index contributed by atoms with van der Waals surface area (Å²) in [5.41, 5.74) is 0.983. The molecule has 0 amide bonds. The number of carboxylic acid groups (broad SMARTS) is 1. The lowest BCUT2D eigenvalue weighted by Gasteiger charge is -2.13. The van der Waals surface area contributed by atoms with Gasteiger partial charge < -0.3 is 9.84 Å². The summed E-state index contributed by atoms with van der Waals surface area (Å²) < 4.78 is 33.2. The van der Waals surface area contributed by atoms with E-state index in [0.717, 1.165) is 18.9 Å². The number of nitrogens with zero attached hydrogens (tertiary/aromatic N) is 1. The number of hydrogen-bond donors (Lipinski definition) is 2. The standard InChI is InChI=1S/C19H18N2O5S/c20-11-13-4-1-2-6-18(13)14-8-15(19(22)23)10-17(9-14)27(24,25)21-12-16-5-3-7-26-16/h1-2,4,6,8-10,16,21H,3,5,7,12H2,(H,22,23). The van der Waals surface area contributed by atoms with Crippen molar-refractivity contribution in [2.45, 2.75) is 23.8 Å². The molecule has 0 aliphatic carbocycles. The van der Waals surface area contributed by atoms with Gasteiger partial charge in [0.05, 0.1) is 28.2 Å². The SMILES string of the molecule is N#Cc1ccccc1-c1cc(C(=O)O)cc(S(=O)(=O)NCC2CCCO2)c1. The Morgan fingerprint density at radius 2 is 2.07 bits per heavy atom. The molecule has 0 bridgehead atoms. The zero-order valence-electron chi connectivity index (χ0n) is 14.4. The molecule has 2 N–H and O–H groups in total. The lowest BCUT2D eigenvalue weighted by Crippen LogP contribution is -2.32. The van der Waals surface area contributed by atoms with Crippen molar-refractivity contribution in [2.75, 3.05) is 13.2 Å². The summed E-state index contributed by atoms with van der Waals surface area (Å²) in [5, 5.41) is 18.7. The van der Waals surface area contributed by atoms with E-state index in [2.05, 4.69) is 4.72 Å². The van der Waals surface area contributed by atoms with E-state index in [9.17, 15) is 23.6 Å². The van der Waals surface area contributed by atoms with Gasteiger partial charge in [-0.3, -0.25) is 0 Å². The van der Waals surface area contributed by atoms with Gasteiger partial charge >= 0.3 is 5.97 Å². The molecule has 1 unspecified atom stereocenters. The molecule has 8 heteroatoms. The largest absolute Gasteiger partial charge is 0.478 e. The Balaban J connectivity index is 2.01. The average Bonchev–Trinajstić information content (AvgIpc) is 3.19. The molecule has 1 heterocycles. The smallest absolute Gasteiger partial charge is 0.335 e. The highest BCUT2D eigenvalue weighted by Gasteiger charge is 2.22. The van der Waals surface area contributed by atoms with Crippen LogP contribution in [0.15, 0.2) is 47.4 Å². The molecule has 1 aliphatic heterocycles. The van der Waals surface area contributed by atoms with Crippen LogP contribution in [0.5, 0.6) is 0 Å². The van der Waals surface area contributed by atoms with Gasteiger partial charge in [0.1, 0.15) is 0 Å². The van der Waals surface area contributed by atoms with Crippen molar-refractivity contribution in [3.05, 3.63) is 53.6 Å². The van der Waals surface area contributed by atoms with Gasteiger partial charge in [-0.2, -0.15) is 5.26 Å². The number of nitrogens with one attached hydrogen (secondary N) is 1. The van der Waals surface area contributed by atoms with Crippen LogP contribution in [0.2, 0.25) is 0 Å². The van der Waals surface area contributed by atoms with E-state index < -0.39 is 16.0 Å². The fraction of sp³-hybridized carbons (Fsp3) is 0.263. The fourth-order valence-corrected chi connectivity index (χ4v) is 4.09. The third-order valence-electron chi connectivity index (χ3n) is 4.35. The van der Waals surface area contributed by atoms with E-state index in [1.54, 1.807) is 24.3 Å². The maximum atomic E-state index is 12.7. The Labute approximate surface area is 157 Å². The molecule has 7 nitrogen and oxygen atoms in total. The first kappa shape index (κ1) is 19.0. The van der Waals surface area contributed by atoms with Crippen molar-refractivity contribution in [1.82, 2.24) is 4.72 Å². The molecule has 2 aromatic rings. The third-order valence-corrected chi connectivity index (χ3v) is 5.75. The number of aromatic carboxylic acids is 1. The minimum atomic E-state index is -3.93. The molecule has 0 aromatic heterocycles. The zero-order chi connectivity index (χ0) is 19.4. The summed E-state index contributed by atoms with van der Waals surface area (Å²) in [6.45, 7) is 0.736. The second-order valence-corrected chi connectivity index (χ2v) is 7.96. The molecule has 1 atom stereocenters. The van der Waals surface area contributed by atoms with Crippen LogP contribution >= 0.6 is 0 Å². The highest BCUT2D eigenvalue weighted by Crippen LogP contribution is 2.27. The van der Waals surface area contributed by atoms with E-state index in [-0.39, 0.29) is 23.1 Å². The van der Waals surface area contributed by atoms with Crippen LogP contribution in [0.4, 0.5) is 0 Å². The first-order chi connectivity index (χ1) is 12.9. The van der Waals surface area contributed by atoms with Crippen molar-refractivity contribution in [3.63, 3.8) is 0 Å².